The smallest absolute Gasteiger partial charge is 0.0479 e. The molecule has 100 valence electrons. The summed E-state index contributed by atoms with van der Waals surface area (Å²) in [6, 6.07) is 5.32. The van der Waals surface area contributed by atoms with E-state index >= 15 is 0 Å². The minimum atomic E-state index is 0.458. The summed E-state index contributed by atoms with van der Waals surface area (Å²) in [5, 5.41) is 3.46. The Morgan fingerprint density at radius 2 is 2.17 bits per heavy atom. The van der Waals surface area contributed by atoms with Gasteiger partial charge in [-0.1, -0.05) is 0 Å². The molecule has 2 atom stereocenters. The second-order valence-corrected chi connectivity index (χ2v) is 5.35. The molecule has 1 aliphatic rings. The Labute approximate surface area is 110 Å². The molecule has 4 heteroatoms. The molecule has 0 radical (unpaired) electrons. The maximum absolute atomic E-state index is 4.13. The summed E-state index contributed by atoms with van der Waals surface area (Å²) in [4.78, 5) is 8.99. The summed E-state index contributed by atoms with van der Waals surface area (Å²) in [7, 11) is 4.28. The van der Waals surface area contributed by atoms with Crippen LogP contribution in [0.5, 0.6) is 0 Å². The van der Waals surface area contributed by atoms with Crippen molar-refractivity contribution in [3.05, 3.63) is 30.1 Å². The molecule has 1 saturated heterocycles. The largest absolute Gasteiger partial charge is 0.314 e. The van der Waals surface area contributed by atoms with E-state index in [-0.39, 0.29) is 0 Å². The van der Waals surface area contributed by atoms with E-state index in [1.54, 1.807) is 0 Å². The second kappa shape index (κ2) is 6.27. The number of aromatic nitrogens is 1. The van der Waals surface area contributed by atoms with Crippen molar-refractivity contribution in [1.82, 2.24) is 20.1 Å². The molecule has 0 aromatic carbocycles. The number of rotatable bonds is 4. The molecular weight excluding hydrogens is 224 g/mol. The maximum Gasteiger partial charge on any atom is 0.0479 e. The topological polar surface area (TPSA) is 31.4 Å². The van der Waals surface area contributed by atoms with E-state index in [1.807, 2.05) is 12.4 Å². The first-order valence-electron chi connectivity index (χ1n) is 6.69. The minimum Gasteiger partial charge on any atom is -0.314 e. The van der Waals surface area contributed by atoms with Gasteiger partial charge in [-0.3, -0.25) is 9.88 Å². The Hall–Kier alpha value is -0.970. The molecule has 1 aromatic rings. The van der Waals surface area contributed by atoms with Gasteiger partial charge in [-0.2, -0.15) is 0 Å². The Kier molecular flexibility index (Phi) is 4.69. The molecule has 0 spiro atoms. The van der Waals surface area contributed by atoms with Crippen LogP contribution in [0.25, 0.3) is 0 Å². The molecule has 0 amide bonds. The van der Waals surface area contributed by atoms with Gasteiger partial charge >= 0.3 is 0 Å². The van der Waals surface area contributed by atoms with Gasteiger partial charge in [0.25, 0.3) is 0 Å². The van der Waals surface area contributed by atoms with Crippen molar-refractivity contribution in [2.75, 3.05) is 40.3 Å². The number of hydrogen-bond acceptors (Lipinski definition) is 4. The first-order chi connectivity index (χ1) is 8.68. The molecule has 1 aliphatic heterocycles. The highest BCUT2D eigenvalue weighted by Crippen LogP contribution is 2.23. The molecule has 0 bridgehead atoms. The zero-order valence-electron chi connectivity index (χ0n) is 11.6. The van der Waals surface area contributed by atoms with Gasteiger partial charge in [-0.15, -0.1) is 0 Å². The summed E-state index contributed by atoms with van der Waals surface area (Å²) in [5.74, 6) is 0. The predicted octanol–water partition coefficient (Wildman–Crippen LogP) is 0.978. The summed E-state index contributed by atoms with van der Waals surface area (Å²) >= 11 is 0. The molecule has 2 heterocycles. The van der Waals surface area contributed by atoms with Crippen LogP contribution in [-0.4, -0.2) is 61.1 Å². The van der Waals surface area contributed by atoms with Gasteiger partial charge in [0, 0.05) is 50.7 Å². The fraction of sp³-hybridized carbons (Fsp3) is 0.643. The fourth-order valence-corrected chi connectivity index (χ4v) is 2.65. The Morgan fingerprint density at radius 3 is 2.78 bits per heavy atom. The van der Waals surface area contributed by atoms with E-state index in [4.69, 9.17) is 0 Å². The van der Waals surface area contributed by atoms with E-state index < -0.39 is 0 Å². The highest BCUT2D eigenvalue weighted by Gasteiger charge is 2.27. The number of hydrogen-bond donors (Lipinski definition) is 1. The number of pyridine rings is 1. The third-order valence-corrected chi connectivity index (χ3v) is 3.58. The quantitative estimate of drug-likeness (QED) is 0.860. The van der Waals surface area contributed by atoms with Crippen LogP contribution in [0.15, 0.2) is 24.5 Å². The van der Waals surface area contributed by atoms with Crippen LogP contribution in [-0.2, 0) is 0 Å². The Bertz CT molecular complexity index is 352. The van der Waals surface area contributed by atoms with Crippen molar-refractivity contribution >= 4 is 0 Å². The highest BCUT2D eigenvalue weighted by molar-refractivity contribution is 5.16. The van der Waals surface area contributed by atoms with Crippen molar-refractivity contribution in [1.29, 1.82) is 0 Å². The van der Waals surface area contributed by atoms with Gasteiger partial charge in [0.05, 0.1) is 0 Å². The maximum atomic E-state index is 4.13. The van der Waals surface area contributed by atoms with E-state index in [1.165, 1.54) is 5.56 Å². The molecule has 4 nitrogen and oxygen atoms in total. The molecule has 0 aliphatic carbocycles. The van der Waals surface area contributed by atoms with Crippen molar-refractivity contribution < 1.29 is 0 Å². The zero-order chi connectivity index (χ0) is 13.0. The van der Waals surface area contributed by atoms with E-state index in [9.17, 15) is 0 Å². The normalized spacial score (nSPS) is 23.2. The van der Waals surface area contributed by atoms with Gasteiger partial charge in [0.15, 0.2) is 0 Å². The average molecular weight is 248 g/mol. The minimum absolute atomic E-state index is 0.458. The SMILES string of the molecule is CC1CNCCN1C(CN(C)C)c1ccncc1. The van der Waals surface area contributed by atoms with E-state index in [0.29, 0.717) is 12.1 Å². The summed E-state index contributed by atoms with van der Waals surface area (Å²) < 4.78 is 0. The second-order valence-electron chi connectivity index (χ2n) is 5.35. The molecule has 2 rings (SSSR count). The van der Waals surface area contributed by atoms with Crippen LogP contribution in [0, 0.1) is 0 Å². The zero-order valence-corrected chi connectivity index (χ0v) is 11.6. The molecule has 1 fully saturated rings. The predicted molar refractivity (Wildman–Crippen MR) is 74.6 cm³/mol. The van der Waals surface area contributed by atoms with Gasteiger partial charge < -0.3 is 10.2 Å². The third-order valence-electron chi connectivity index (χ3n) is 3.58. The first kappa shape index (κ1) is 13.5. The molecule has 1 aromatic heterocycles. The summed E-state index contributed by atoms with van der Waals surface area (Å²) in [6.07, 6.45) is 3.79. The van der Waals surface area contributed by atoms with Crippen LogP contribution in [0.3, 0.4) is 0 Å². The van der Waals surface area contributed by atoms with Crippen molar-refractivity contribution in [2.45, 2.75) is 19.0 Å². The van der Waals surface area contributed by atoms with Crippen molar-refractivity contribution in [3.8, 4) is 0 Å². The lowest BCUT2D eigenvalue weighted by Crippen LogP contribution is -2.52. The lowest BCUT2D eigenvalue weighted by Gasteiger charge is -2.41. The van der Waals surface area contributed by atoms with Crippen LogP contribution in [0.2, 0.25) is 0 Å². The number of nitrogens with one attached hydrogen (secondary N) is 1. The monoisotopic (exact) mass is 248 g/mol. The van der Waals surface area contributed by atoms with Gasteiger partial charge in [-0.05, 0) is 38.7 Å². The molecule has 0 saturated carbocycles. The van der Waals surface area contributed by atoms with Crippen molar-refractivity contribution in [2.24, 2.45) is 0 Å². The fourth-order valence-electron chi connectivity index (χ4n) is 2.65. The molecular formula is C14H24N4. The Balaban J connectivity index is 2.19. The Morgan fingerprint density at radius 1 is 1.44 bits per heavy atom. The number of piperazine rings is 1. The standard InChI is InChI=1S/C14H24N4/c1-12-10-16-8-9-18(12)14(11-17(2)3)13-4-6-15-7-5-13/h4-7,12,14,16H,8-11H2,1-3H3. The lowest BCUT2D eigenvalue weighted by molar-refractivity contribution is 0.0967. The lowest BCUT2D eigenvalue weighted by atomic mass is 10.0. The van der Waals surface area contributed by atoms with Crippen LogP contribution < -0.4 is 5.32 Å². The van der Waals surface area contributed by atoms with Gasteiger partial charge in [0.2, 0.25) is 0 Å². The van der Waals surface area contributed by atoms with E-state index in [0.717, 1.165) is 26.2 Å². The van der Waals surface area contributed by atoms with Crippen molar-refractivity contribution in [3.63, 3.8) is 0 Å². The average Bonchev–Trinajstić information content (AvgIpc) is 2.38. The number of likely N-dealkylation sites (N-methyl/N-ethyl adjacent to an activating group) is 1. The number of nitrogens with zero attached hydrogens (tertiary/aromatic N) is 3. The highest BCUT2D eigenvalue weighted by atomic mass is 15.3. The first-order valence-corrected chi connectivity index (χ1v) is 6.69. The molecule has 18 heavy (non-hydrogen) atoms. The van der Waals surface area contributed by atoms with E-state index in [2.05, 4.69) is 53.3 Å². The van der Waals surface area contributed by atoms with Crippen LogP contribution >= 0.6 is 0 Å². The summed E-state index contributed by atoms with van der Waals surface area (Å²) in [5.41, 5.74) is 1.37. The van der Waals surface area contributed by atoms with Gasteiger partial charge in [-0.25, -0.2) is 0 Å². The van der Waals surface area contributed by atoms with Gasteiger partial charge in [0.1, 0.15) is 0 Å². The third kappa shape index (κ3) is 3.28. The molecule has 1 N–H and O–H groups in total. The van der Waals surface area contributed by atoms with Crippen LogP contribution in [0.4, 0.5) is 0 Å². The van der Waals surface area contributed by atoms with Crippen LogP contribution in [0.1, 0.15) is 18.5 Å². The summed E-state index contributed by atoms with van der Waals surface area (Å²) in [6.45, 7) is 6.63. The molecule has 2 unspecified atom stereocenters.